The summed E-state index contributed by atoms with van der Waals surface area (Å²) < 4.78 is 8.31. The summed E-state index contributed by atoms with van der Waals surface area (Å²) in [4.78, 5) is 11.5. The summed E-state index contributed by atoms with van der Waals surface area (Å²) in [5.74, 6) is 2.36. The Hall–Kier alpha value is 0.140. The van der Waals surface area contributed by atoms with Crippen molar-refractivity contribution in [1.82, 2.24) is 0 Å². The SMILES string of the molecule is CC(C)CCCC(C)CCCC(C)CCCC(C)OC(=O)OCC(Cl)(Cl)Cl. The van der Waals surface area contributed by atoms with E-state index in [1.165, 1.54) is 38.5 Å². The number of alkyl halides is 3. The zero-order valence-corrected chi connectivity index (χ0v) is 20.0. The van der Waals surface area contributed by atoms with E-state index >= 15 is 0 Å². The molecule has 3 atom stereocenters. The Kier molecular flexibility index (Phi) is 15.1. The molecule has 0 saturated carbocycles. The van der Waals surface area contributed by atoms with Gasteiger partial charge in [0, 0.05) is 0 Å². The maximum atomic E-state index is 11.5. The van der Waals surface area contributed by atoms with E-state index in [0.717, 1.165) is 31.1 Å². The first-order chi connectivity index (χ1) is 12.5. The molecular weight excluding hydrogens is 407 g/mol. The van der Waals surface area contributed by atoms with E-state index in [1.807, 2.05) is 6.92 Å². The largest absolute Gasteiger partial charge is 0.508 e. The van der Waals surface area contributed by atoms with Gasteiger partial charge in [0.25, 0.3) is 0 Å². The minimum absolute atomic E-state index is 0.193. The molecule has 0 aliphatic carbocycles. The Morgan fingerprint density at radius 2 is 1.22 bits per heavy atom. The van der Waals surface area contributed by atoms with Gasteiger partial charge >= 0.3 is 6.16 Å². The zero-order chi connectivity index (χ0) is 20.9. The maximum absolute atomic E-state index is 11.5. The lowest BCUT2D eigenvalue weighted by Crippen LogP contribution is -2.21. The fraction of sp³-hybridized carbons (Fsp3) is 0.952. The van der Waals surface area contributed by atoms with E-state index in [1.54, 1.807) is 0 Å². The van der Waals surface area contributed by atoms with E-state index in [0.29, 0.717) is 5.92 Å². The minimum atomic E-state index is -1.61. The van der Waals surface area contributed by atoms with Gasteiger partial charge < -0.3 is 9.47 Å². The second-order valence-electron chi connectivity index (χ2n) is 8.48. The first kappa shape index (κ1) is 27.1. The maximum Gasteiger partial charge on any atom is 0.508 e. The quantitative estimate of drug-likeness (QED) is 0.199. The van der Waals surface area contributed by atoms with Crippen LogP contribution in [0.5, 0.6) is 0 Å². The van der Waals surface area contributed by atoms with Gasteiger partial charge in [0.05, 0.1) is 0 Å². The van der Waals surface area contributed by atoms with E-state index in [-0.39, 0.29) is 12.7 Å². The molecule has 0 spiro atoms. The number of hydrogen-bond acceptors (Lipinski definition) is 3. The van der Waals surface area contributed by atoms with Gasteiger partial charge in [0.15, 0.2) is 0 Å². The minimum Gasteiger partial charge on any atom is -0.431 e. The molecule has 0 N–H and O–H groups in total. The van der Waals surface area contributed by atoms with Crippen LogP contribution in [0.25, 0.3) is 0 Å². The van der Waals surface area contributed by atoms with Crippen molar-refractivity contribution >= 4 is 41.0 Å². The van der Waals surface area contributed by atoms with E-state index < -0.39 is 9.95 Å². The average molecular weight is 446 g/mol. The Balaban J connectivity index is 3.69. The smallest absolute Gasteiger partial charge is 0.431 e. The van der Waals surface area contributed by atoms with Crippen molar-refractivity contribution in [2.24, 2.45) is 17.8 Å². The fourth-order valence-electron chi connectivity index (χ4n) is 3.13. The van der Waals surface area contributed by atoms with Crippen molar-refractivity contribution in [1.29, 1.82) is 0 Å². The van der Waals surface area contributed by atoms with Gasteiger partial charge in [-0.1, -0.05) is 107 Å². The lowest BCUT2D eigenvalue weighted by molar-refractivity contribution is 0.0267. The van der Waals surface area contributed by atoms with Crippen molar-refractivity contribution < 1.29 is 14.3 Å². The van der Waals surface area contributed by atoms with Crippen molar-refractivity contribution in [3.63, 3.8) is 0 Å². The molecular formula is C21H39Cl3O3. The van der Waals surface area contributed by atoms with Gasteiger partial charge in [-0.25, -0.2) is 4.79 Å². The highest BCUT2D eigenvalue weighted by Crippen LogP contribution is 2.26. The summed E-state index contributed by atoms with van der Waals surface area (Å²) in [6.07, 6.45) is 9.99. The van der Waals surface area contributed by atoms with Crippen molar-refractivity contribution in [3.05, 3.63) is 0 Å². The molecule has 3 unspecified atom stereocenters. The van der Waals surface area contributed by atoms with Crippen LogP contribution < -0.4 is 0 Å². The molecule has 27 heavy (non-hydrogen) atoms. The molecule has 0 saturated heterocycles. The summed E-state index contributed by atoms with van der Waals surface area (Å²) in [5, 5.41) is 0. The molecule has 0 rings (SSSR count). The Morgan fingerprint density at radius 3 is 1.67 bits per heavy atom. The average Bonchev–Trinajstić information content (AvgIpc) is 2.52. The van der Waals surface area contributed by atoms with Gasteiger partial charge in [0.2, 0.25) is 3.79 Å². The second-order valence-corrected chi connectivity index (χ2v) is 11.0. The van der Waals surface area contributed by atoms with Gasteiger partial charge in [-0.2, -0.15) is 0 Å². The van der Waals surface area contributed by atoms with Crippen LogP contribution in [-0.4, -0.2) is 22.7 Å². The standard InChI is InChI=1S/C21H39Cl3O3/c1-16(2)9-6-10-17(3)11-7-12-18(4)13-8-14-19(5)27-20(25)26-15-21(22,23)24/h16-19H,6-15H2,1-5H3. The molecule has 0 amide bonds. The predicted octanol–water partition coefficient (Wildman–Crippen LogP) is 8.34. The summed E-state index contributed by atoms with van der Waals surface area (Å²) in [7, 11) is 0. The van der Waals surface area contributed by atoms with Crippen LogP contribution in [0.2, 0.25) is 0 Å². The summed E-state index contributed by atoms with van der Waals surface area (Å²) in [5.41, 5.74) is 0. The van der Waals surface area contributed by atoms with Crippen LogP contribution in [-0.2, 0) is 9.47 Å². The number of halogens is 3. The van der Waals surface area contributed by atoms with E-state index in [2.05, 4.69) is 27.7 Å². The molecule has 0 fully saturated rings. The van der Waals surface area contributed by atoms with Crippen LogP contribution >= 0.6 is 34.8 Å². The Labute approximate surface area is 181 Å². The Bertz CT molecular complexity index is 383. The topological polar surface area (TPSA) is 35.5 Å². The molecule has 162 valence electrons. The molecule has 0 aliphatic heterocycles. The van der Waals surface area contributed by atoms with Crippen LogP contribution in [0.4, 0.5) is 4.79 Å². The number of carbonyl (C=O) groups excluding carboxylic acids is 1. The molecule has 0 aliphatic rings. The second kappa shape index (κ2) is 15.0. The van der Waals surface area contributed by atoms with Crippen LogP contribution in [0, 0.1) is 17.8 Å². The molecule has 0 bridgehead atoms. The van der Waals surface area contributed by atoms with Crippen molar-refractivity contribution in [3.8, 4) is 0 Å². The monoisotopic (exact) mass is 444 g/mol. The van der Waals surface area contributed by atoms with Crippen LogP contribution in [0.1, 0.15) is 92.4 Å². The predicted molar refractivity (Wildman–Crippen MR) is 117 cm³/mol. The fourth-order valence-corrected chi connectivity index (χ4v) is 3.29. The number of hydrogen-bond donors (Lipinski definition) is 0. The van der Waals surface area contributed by atoms with Crippen LogP contribution in [0.3, 0.4) is 0 Å². The normalized spacial score (nSPS) is 15.4. The number of carbonyl (C=O) groups is 1. The third-order valence-electron chi connectivity index (χ3n) is 4.83. The summed E-state index contributed by atoms with van der Waals surface area (Å²) >= 11 is 16.6. The van der Waals surface area contributed by atoms with Gasteiger partial charge in [-0.05, 0) is 37.5 Å². The van der Waals surface area contributed by atoms with Crippen molar-refractivity contribution in [2.75, 3.05) is 6.61 Å². The summed E-state index contributed by atoms with van der Waals surface area (Å²) in [6, 6.07) is 0. The first-order valence-corrected chi connectivity index (χ1v) is 11.5. The molecule has 6 heteroatoms. The third-order valence-corrected chi connectivity index (χ3v) is 5.16. The highest BCUT2D eigenvalue weighted by molar-refractivity contribution is 6.67. The molecule has 0 heterocycles. The highest BCUT2D eigenvalue weighted by Gasteiger charge is 2.23. The number of rotatable bonds is 14. The van der Waals surface area contributed by atoms with Gasteiger partial charge in [-0.3, -0.25) is 0 Å². The zero-order valence-electron chi connectivity index (χ0n) is 17.7. The number of ether oxygens (including phenoxy) is 2. The molecule has 0 aromatic carbocycles. The lowest BCUT2D eigenvalue weighted by Gasteiger charge is -2.17. The molecule has 0 aromatic heterocycles. The van der Waals surface area contributed by atoms with Crippen LogP contribution in [0.15, 0.2) is 0 Å². The van der Waals surface area contributed by atoms with E-state index in [4.69, 9.17) is 44.3 Å². The molecule has 0 aromatic rings. The van der Waals surface area contributed by atoms with Gasteiger partial charge in [0.1, 0.15) is 12.7 Å². The molecule has 0 radical (unpaired) electrons. The van der Waals surface area contributed by atoms with Gasteiger partial charge in [-0.15, -0.1) is 0 Å². The van der Waals surface area contributed by atoms with Crippen molar-refractivity contribution in [2.45, 2.75) is 102 Å². The Morgan fingerprint density at radius 1 is 0.778 bits per heavy atom. The van der Waals surface area contributed by atoms with E-state index in [9.17, 15) is 4.79 Å². The molecule has 3 nitrogen and oxygen atoms in total. The highest BCUT2D eigenvalue weighted by atomic mass is 35.6. The summed E-state index contributed by atoms with van der Waals surface area (Å²) in [6.45, 7) is 10.8. The lowest BCUT2D eigenvalue weighted by atomic mass is 9.92. The third kappa shape index (κ3) is 19.2. The first-order valence-electron chi connectivity index (χ1n) is 10.4.